The summed E-state index contributed by atoms with van der Waals surface area (Å²) in [6.45, 7) is 7.49. The van der Waals surface area contributed by atoms with E-state index in [-0.39, 0.29) is 22.4 Å². The maximum Gasteiger partial charge on any atom is 0.253 e. The van der Waals surface area contributed by atoms with E-state index in [9.17, 15) is 9.18 Å². The Morgan fingerprint density at radius 2 is 1.91 bits per heavy atom. The van der Waals surface area contributed by atoms with Crippen molar-refractivity contribution in [1.82, 2.24) is 10.3 Å². The zero-order chi connectivity index (χ0) is 16.5. The summed E-state index contributed by atoms with van der Waals surface area (Å²) in [4.78, 5) is 16.5. The van der Waals surface area contributed by atoms with Crippen molar-refractivity contribution in [3.05, 3.63) is 52.6 Å². The SMILES string of the molecule is Cc1cc(F)ccc1-c1cc(Cl)ncc1C(=O)NC(C)(C)C. The van der Waals surface area contributed by atoms with Gasteiger partial charge in [0.1, 0.15) is 11.0 Å². The van der Waals surface area contributed by atoms with Gasteiger partial charge >= 0.3 is 0 Å². The minimum absolute atomic E-state index is 0.240. The van der Waals surface area contributed by atoms with E-state index in [1.165, 1.54) is 18.3 Å². The molecule has 1 amide bonds. The van der Waals surface area contributed by atoms with Crippen LogP contribution < -0.4 is 5.32 Å². The van der Waals surface area contributed by atoms with Crippen LogP contribution in [0, 0.1) is 12.7 Å². The largest absolute Gasteiger partial charge is 0.347 e. The van der Waals surface area contributed by atoms with Crippen molar-refractivity contribution in [2.24, 2.45) is 0 Å². The van der Waals surface area contributed by atoms with Gasteiger partial charge < -0.3 is 5.32 Å². The number of halogens is 2. The molecule has 1 heterocycles. The van der Waals surface area contributed by atoms with Crippen molar-refractivity contribution in [2.45, 2.75) is 33.2 Å². The second-order valence-electron chi connectivity index (χ2n) is 6.22. The summed E-state index contributed by atoms with van der Waals surface area (Å²) in [5.41, 5.74) is 2.16. The highest BCUT2D eigenvalue weighted by atomic mass is 35.5. The molecule has 1 aromatic heterocycles. The first-order valence-corrected chi connectivity index (χ1v) is 7.30. The van der Waals surface area contributed by atoms with Gasteiger partial charge in [-0.2, -0.15) is 0 Å². The fraction of sp³-hybridized carbons (Fsp3) is 0.294. The molecule has 0 aliphatic heterocycles. The van der Waals surface area contributed by atoms with E-state index in [2.05, 4.69) is 10.3 Å². The van der Waals surface area contributed by atoms with E-state index >= 15 is 0 Å². The molecule has 0 bridgehead atoms. The predicted molar refractivity (Wildman–Crippen MR) is 86.6 cm³/mol. The van der Waals surface area contributed by atoms with E-state index in [4.69, 9.17) is 11.6 Å². The van der Waals surface area contributed by atoms with Crippen molar-refractivity contribution in [1.29, 1.82) is 0 Å². The molecule has 2 aromatic rings. The van der Waals surface area contributed by atoms with Crippen LogP contribution in [0.4, 0.5) is 4.39 Å². The molecule has 0 unspecified atom stereocenters. The molecular formula is C17H18ClFN2O. The molecule has 0 atom stereocenters. The first-order valence-electron chi connectivity index (χ1n) is 6.92. The molecule has 0 radical (unpaired) electrons. The van der Waals surface area contributed by atoms with Crippen LogP contribution in [0.5, 0.6) is 0 Å². The van der Waals surface area contributed by atoms with Crippen molar-refractivity contribution in [2.75, 3.05) is 0 Å². The summed E-state index contributed by atoms with van der Waals surface area (Å²) in [5.74, 6) is -0.558. The smallest absolute Gasteiger partial charge is 0.253 e. The lowest BCUT2D eigenvalue weighted by Crippen LogP contribution is -2.40. The van der Waals surface area contributed by atoms with E-state index < -0.39 is 0 Å². The van der Waals surface area contributed by atoms with Crippen LogP contribution in [-0.4, -0.2) is 16.4 Å². The topological polar surface area (TPSA) is 42.0 Å². The number of nitrogens with zero attached hydrogens (tertiary/aromatic N) is 1. The summed E-state index contributed by atoms with van der Waals surface area (Å²) in [6.07, 6.45) is 1.45. The first kappa shape index (κ1) is 16.4. The number of carbonyl (C=O) groups excluding carboxylic acids is 1. The maximum atomic E-state index is 13.3. The zero-order valence-corrected chi connectivity index (χ0v) is 13.8. The molecule has 0 fully saturated rings. The third kappa shape index (κ3) is 3.83. The number of nitrogens with one attached hydrogen (secondary N) is 1. The minimum atomic E-state index is -0.369. The van der Waals surface area contributed by atoms with Gasteiger partial charge in [-0.25, -0.2) is 9.37 Å². The lowest BCUT2D eigenvalue weighted by Gasteiger charge is -2.21. The van der Waals surface area contributed by atoms with Crippen LogP contribution in [0.1, 0.15) is 36.7 Å². The van der Waals surface area contributed by atoms with Crippen LogP contribution in [0.2, 0.25) is 5.15 Å². The third-order valence-electron chi connectivity index (χ3n) is 3.08. The number of carbonyl (C=O) groups is 1. The van der Waals surface area contributed by atoms with Crippen LogP contribution in [-0.2, 0) is 0 Å². The molecule has 0 saturated heterocycles. The molecule has 3 nitrogen and oxygen atoms in total. The molecular weight excluding hydrogens is 303 g/mol. The van der Waals surface area contributed by atoms with Gasteiger partial charge in [0.25, 0.3) is 5.91 Å². The molecule has 1 N–H and O–H groups in total. The van der Waals surface area contributed by atoms with Gasteiger partial charge in [-0.3, -0.25) is 4.79 Å². The highest BCUT2D eigenvalue weighted by Gasteiger charge is 2.20. The second-order valence-corrected chi connectivity index (χ2v) is 6.60. The number of amides is 1. The van der Waals surface area contributed by atoms with Crippen LogP contribution in [0.3, 0.4) is 0 Å². The molecule has 1 aromatic carbocycles. The average Bonchev–Trinajstić information content (AvgIpc) is 2.36. The number of aromatic nitrogens is 1. The Morgan fingerprint density at radius 3 is 2.50 bits per heavy atom. The summed E-state index contributed by atoms with van der Waals surface area (Å²) in [5, 5.41) is 3.18. The van der Waals surface area contributed by atoms with Crippen molar-refractivity contribution >= 4 is 17.5 Å². The number of benzene rings is 1. The molecule has 0 aliphatic carbocycles. The number of hydrogen-bond acceptors (Lipinski definition) is 2. The monoisotopic (exact) mass is 320 g/mol. The normalized spacial score (nSPS) is 11.4. The first-order chi connectivity index (χ1) is 10.2. The van der Waals surface area contributed by atoms with Crippen LogP contribution in [0.15, 0.2) is 30.5 Å². The van der Waals surface area contributed by atoms with Crippen LogP contribution >= 0.6 is 11.6 Å². The lowest BCUT2D eigenvalue weighted by atomic mass is 9.96. The Balaban J connectivity index is 2.55. The van der Waals surface area contributed by atoms with Gasteiger partial charge in [0, 0.05) is 11.7 Å². The molecule has 22 heavy (non-hydrogen) atoms. The fourth-order valence-electron chi connectivity index (χ4n) is 2.17. The van der Waals surface area contributed by atoms with Gasteiger partial charge in [-0.15, -0.1) is 0 Å². The van der Waals surface area contributed by atoms with Crippen molar-refractivity contribution < 1.29 is 9.18 Å². The standard InChI is InChI=1S/C17H18ClFN2O/c1-10-7-11(19)5-6-12(10)13-8-15(18)20-9-14(13)16(22)21-17(2,3)4/h5-9H,1-4H3,(H,21,22). The third-order valence-corrected chi connectivity index (χ3v) is 3.29. The van der Waals surface area contributed by atoms with E-state index in [0.29, 0.717) is 11.1 Å². The summed E-state index contributed by atoms with van der Waals surface area (Å²) in [7, 11) is 0. The lowest BCUT2D eigenvalue weighted by molar-refractivity contribution is 0.0920. The summed E-state index contributed by atoms with van der Waals surface area (Å²) < 4.78 is 13.3. The molecule has 0 saturated carbocycles. The van der Waals surface area contributed by atoms with Gasteiger partial charge in [0.15, 0.2) is 0 Å². The van der Waals surface area contributed by atoms with Crippen molar-refractivity contribution in [3.63, 3.8) is 0 Å². The summed E-state index contributed by atoms with van der Waals surface area (Å²) in [6, 6.07) is 6.06. The van der Waals surface area contributed by atoms with E-state index in [1.807, 2.05) is 20.8 Å². The second kappa shape index (κ2) is 6.05. The number of hydrogen-bond donors (Lipinski definition) is 1. The molecule has 0 spiro atoms. The molecule has 2 rings (SSSR count). The number of rotatable bonds is 2. The van der Waals surface area contributed by atoms with Crippen LogP contribution in [0.25, 0.3) is 11.1 Å². The summed E-state index contributed by atoms with van der Waals surface area (Å²) >= 11 is 5.97. The minimum Gasteiger partial charge on any atom is -0.347 e. The Bertz CT molecular complexity index is 723. The molecule has 116 valence electrons. The Kier molecular flexibility index (Phi) is 4.52. The molecule has 5 heteroatoms. The Labute approximate surface area is 134 Å². The van der Waals surface area contributed by atoms with Crippen molar-refractivity contribution in [3.8, 4) is 11.1 Å². The van der Waals surface area contributed by atoms with Gasteiger partial charge in [0.2, 0.25) is 0 Å². The predicted octanol–water partition coefficient (Wildman–Crippen LogP) is 4.38. The number of aryl methyl sites for hydroxylation is 1. The van der Waals surface area contributed by atoms with Gasteiger partial charge in [-0.05, 0) is 62.6 Å². The van der Waals surface area contributed by atoms with Gasteiger partial charge in [0.05, 0.1) is 5.56 Å². The Hall–Kier alpha value is -1.94. The average molecular weight is 321 g/mol. The Morgan fingerprint density at radius 1 is 1.23 bits per heavy atom. The maximum absolute atomic E-state index is 13.3. The highest BCUT2D eigenvalue weighted by Crippen LogP contribution is 2.29. The fourth-order valence-corrected chi connectivity index (χ4v) is 2.33. The highest BCUT2D eigenvalue weighted by molar-refractivity contribution is 6.29. The van der Waals surface area contributed by atoms with Gasteiger partial charge in [-0.1, -0.05) is 17.7 Å². The van der Waals surface area contributed by atoms with E-state index in [0.717, 1.165) is 11.1 Å². The quantitative estimate of drug-likeness (QED) is 0.834. The number of pyridine rings is 1. The molecule has 0 aliphatic rings. The van der Waals surface area contributed by atoms with E-state index in [1.54, 1.807) is 19.1 Å². The zero-order valence-electron chi connectivity index (χ0n) is 13.0.